The third kappa shape index (κ3) is 5.07. The van der Waals surface area contributed by atoms with E-state index < -0.39 is 15.6 Å². The molecular formula is C27H37N3O2S. The summed E-state index contributed by atoms with van der Waals surface area (Å²) < 4.78 is 28.8. The maximum Gasteiger partial charge on any atom is 0.241 e. The first-order valence-corrected chi connectivity index (χ1v) is 13.9. The molecule has 0 saturated heterocycles. The zero-order valence-corrected chi connectivity index (χ0v) is 20.8. The predicted octanol–water partition coefficient (Wildman–Crippen LogP) is 5.61. The molecule has 3 N–H and O–H groups in total. The van der Waals surface area contributed by atoms with Crippen molar-refractivity contribution in [2.24, 2.45) is 23.7 Å². The Morgan fingerprint density at radius 2 is 1.48 bits per heavy atom. The Morgan fingerprint density at radius 1 is 0.848 bits per heavy atom. The summed E-state index contributed by atoms with van der Waals surface area (Å²) in [5, 5.41) is 7.40. The number of rotatable bonds is 7. The van der Waals surface area contributed by atoms with Crippen LogP contribution in [0.1, 0.15) is 58.4 Å². The molecule has 2 aromatic carbocycles. The van der Waals surface area contributed by atoms with E-state index in [1.807, 2.05) is 45.0 Å². The summed E-state index contributed by atoms with van der Waals surface area (Å²) in [5.74, 6) is 3.35. The lowest BCUT2D eigenvalue weighted by Gasteiger charge is -2.54. The molecule has 4 fully saturated rings. The average molecular weight is 468 g/mol. The first kappa shape index (κ1) is 22.7. The molecule has 5 nitrogen and oxygen atoms in total. The Bertz CT molecular complexity index is 1060. The zero-order chi connectivity index (χ0) is 23.2. The molecule has 0 aliphatic heterocycles. The second-order valence-electron chi connectivity index (χ2n) is 11.5. The van der Waals surface area contributed by atoms with E-state index in [4.69, 9.17) is 0 Å². The highest BCUT2D eigenvalue weighted by molar-refractivity contribution is 7.89. The molecule has 2 aromatic rings. The van der Waals surface area contributed by atoms with Crippen LogP contribution in [0.3, 0.4) is 0 Å². The van der Waals surface area contributed by atoms with E-state index >= 15 is 0 Å². The molecule has 4 bridgehead atoms. The third-order valence-electron chi connectivity index (χ3n) is 7.62. The van der Waals surface area contributed by atoms with Gasteiger partial charge in [-0.15, -0.1) is 0 Å². The SMILES string of the molecule is CC(C)(C)NS(=O)(=O)c1ccc(NC2C3CC4CC(C3)CC2C4)c(NCc2ccccc2)c1. The van der Waals surface area contributed by atoms with Crippen LogP contribution in [0.4, 0.5) is 11.4 Å². The summed E-state index contributed by atoms with van der Waals surface area (Å²) in [4.78, 5) is 0.295. The highest BCUT2D eigenvalue weighted by atomic mass is 32.2. The van der Waals surface area contributed by atoms with E-state index in [9.17, 15) is 8.42 Å². The largest absolute Gasteiger partial charge is 0.380 e. The van der Waals surface area contributed by atoms with Gasteiger partial charge in [-0.25, -0.2) is 13.1 Å². The topological polar surface area (TPSA) is 70.2 Å². The van der Waals surface area contributed by atoms with Gasteiger partial charge in [-0.3, -0.25) is 0 Å². The van der Waals surface area contributed by atoms with Crippen LogP contribution in [0.5, 0.6) is 0 Å². The number of benzene rings is 2. The van der Waals surface area contributed by atoms with Crippen molar-refractivity contribution in [3.05, 3.63) is 54.1 Å². The Hall–Kier alpha value is -2.05. The summed E-state index contributed by atoms with van der Waals surface area (Å²) in [6.07, 6.45) is 6.83. The smallest absolute Gasteiger partial charge is 0.241 e. The Morgan fingerprint density at radius 3 is 2.09 bits per heavy atom. The van der Waals surface area contributed by atoms with Gasteiger partial charge in [0.25, 0.3) is 0 Å². The Balaban J connectivity index is 1.42. The highest BCUT2D eigenvalue weighted by Gasteiger charge is 2.48. The van der Waals surface area contributed by atoms with Gasteiger partial charge in [0.1, 0.15) is 0 Å². The van der Waals surface area contributed by atoms with E-state index in [0.29, 0.717) is 17.5 Å². The number of sulfonamides is 1. The van der Waals surface area contributed by atoms with Crippen molar-refractivity contribution in [2.45, 2.75) is 75.9 Å². The summed E-state index contributed by atoms with van der Waals surface area (Å²) in [6.45, 7) is 6.23. The molecule has 4 aliphatic rings. The monoisotopic (exact) mass is 467 g/mol. The van der Waals surface area contributed by atoms with Crippen molar-refractivity contribution in [3.8, 4) is 0 Å². The quantitative estimate of drug-likeness (QED) is 0.495. The number of nitrogens with one attached hydrogen (secondary N) is 3. The fraction of sp³-hybridized carbons (Fsp3) is 0.556. The van der Waals surface area contributed by atoms with Crippen molar-refractivity contribution in [1.29, 1.82) is 0 Å². The van der Waals surface area contributed by atoms with Crippen LogP contribution in [-0.4, -0.2) is 20.0 Å². The van der Waals surface area contributed by atoms with Crippen molar-refractivity contribution in [2.75, 3.05) is 10.6 Å². The Kier molecular flexibility index (Phi) is 5.94. The third-order valence-corrected chi connectivity index (χ3v) is 9.37. The minimum atomic E-state index is -3.61. The lowest BCUT2D eigenvalue weighted by Crippen LogP contribution is -2.51. The van der Waals surface area contributed by atoms with Crippen molar-refractivity contribution < 1.29 is 8.42 Å². The molecule has 0 spiro atoms. The van der Waals surface area contributed by atoms with Crippen LogP contribution in [0.15, 0.2) is 53.4 Å². The number of anilines is 2. The molecular weight excluding hydrogens is 430 g/mol. The summed E-state index contributed by atoms with van der Waals surface area (Å²) in [7, 11) is -3.61. The van der Waals surface area contributed by atoms with E-state index in [0.717, 1.165) is 35.0 Å². The van der Waals surface area contributed by atoms with Gasteiger partial charge in [0, 0.05) is 18.1 Å². The molecule has 4 aliphatic carbocycles. The predicted molar refractivity (Wildman–Crippen MR) is 135 cm³/mol. The lowest BCUT2D eigenvalue weighted by molar-refractivity contribution is 0.00756. The van der Waals surface area contributed by atoms with Gasteiger partial charge >= 0.3 is 0 Å². The van der Waals surface area contributed by atoms with E-state index in [-0.39, 0.29) is 0 Å². The lowest BCUT2D eigenvalue weighted by atomic mass is 9.54. The minimum absolute atomic E-state index is 0.295. The molecule has 4 saturated carbocycles. The van der Waals surface area contributed by atoms with Crippen LogP contribution in [0, 0.1) is 23.7 Å². The second-order valence-corrected chi connectivity index (χ2v) is 13.2. The molecule has 0 heterocycles. The fourth-order valence-electron chi connectivity index (χ4n) is 6.56. The van der Waals surface area contributed by atoms with E-state index in [2.05, 4.69) is 27.5 Å². The summed E-state index contributed by atoms with van der Waals surface area (Å²) in [6, 6.07) is 16.2. The van der Waals surface area contributed by atoms with Crippen molar-refractivity contribution in [1.82, 2.24) is 4.72 Å². The number of hydrogen-bond acceptors (Lipinski definition) is 4. The normalized spacial score (nSPS) is 28.6. The van der Waals surface area contributed by atoms with Gasteiger partial charge in [-0.2, -0.15) is 0 Å². The standard InChI is InChI=1S/C27H37N3O2S/c1-27(2,3)30-33(31,32)23-9-10-24(25(16-23)28-17-18-7-5-4-6-8-18)29-26-21-12-19-11-20(14-21)15-22(26)13-19/h4-10,16,19-22,26,28-30H,11-15,17H2,1-3H3. The molecule has 6 rings (SSSR count). The van der Waals surface area contributed by atoms with Gasteiger partial charge in [-0.1, -0.05) is 30.3 Å². The molecule has 6 heteroatoms. The van der Waals surface area contributed by atoms with Crippen molar-refractivity contribution >= 4 is 21.4 Å². The molecule has 0 aromatic heterocycles. The molecule has 0 radical (unpaired) electrons. The maximum atomic E-state index is 13.0. The number of hydrogen-bond donors (Lipinski definition) is 3. The van der Waals surface area contributed by atoms with Crippen LogP contribution >= 0.6 is 0 Å². The fourth-order valence-corrected chi connectivity index (χ4v) is 8.00. The zero-order valence-electron chi connectivity index (χ0n) is 20.0. The minimum Gasteiger partial charge on any atom is -0.380 e. The first-order chi connectivity index (χ1) is 15.7. The second kappa shape index (κ2) is 8.62. The first-order valence-electron chi connectivity index (χ1n) is 12.4. The van der Waals surface area contributed by atoms with E-state index in [1.54, 1.807) is 12.1 Å². The summed E-state index contributed by atoms with van der Waals surface area (Å²) in [5.41, 5.74) is 2.50. The van der Waals surface area contributed by atoms with Crippen LogP contribution in [-0.2, 0) is 16.6 Å². The van der Waals surface area contributed by atoms with Gasteiger partial charge in [0.15, 0.2) is 0 Å². The molecule has 0 atom stereocenters. The van der Waals surface area contributed by atoms with Gasteiger partial charge < -0.3 is 10.6 Å². The van der Waals surface area contributed by atoms with Crippen LogP contribution in [0.25, 0.3) is 0 Å². The summed E-state index contributed by atoms with van der Waals surface area (Å²) >= 11 is 0. The average Bonchev–Trinajstić information content (AvgIpc) is 2.74. The van der Waals surface area contributed by atoms with Gasteiger partial charge in [0.2, 0.25) is 10.0 Å². The van der Waals surface area contributed by atoms with Crippen molar-refractivity contribution in [3.63, 3.8) is 0 Å². The van der Waals surface area contributed by atoms with Crippen LogP contribution in [0.2, 0.25) is 0 Å². The Labute approximate surface area is 198 Å². The highest BCUT2D eigenvalue weighted by Crippen LogP contribution is 2.54. The van der Waals surface area contributed by atoms with Gasteiger partial charge in [0.05, 0.1) is 16.3 Å². The maximum absolute atomic E-state index is 13.0. The molecule has 178 valence electrons. The van der Waals surface area contributed by atoms with Gasteiger partial charge in [-0.05, 0) is 100 Å². The molecule has 0 unspecified atom stereocenters. The molecule has 33 heavy (non-hydrogen) atoms. The molecule has 0 amide bonds. The van der Waals surface area contributed by atoms with Crippen LogP contribution < -0.4 is 15.4 Å². The van der Waals surface area contributed by atoms with E-state index in [1.165, 1.54) is 37.7 Å².